The summed E-state index contributed by atoms with van der Waals surface area (Å²) in [5.74, 6) is 0. The molecule has 0 aromatic heterocycles. The molecule has 0 radical (unpaired) electrons. The fraction of sp³-hybridized carbons (Fsp3) is 0. The number of benzene rings is 1. The third kappa shape index (κ3) is 6.55. The number of rotatable bonds is 0. The fourth-order valence-electron chi connectivity index (χ4n) is 0.498. The normalized spacial score (nSPS) is 7.08. The van der Waals surface area contributed by atoms with Gasteiger partial charge in [-0.1, -0.05) is 11.1 Å². The Hall–Kier alpha value is -0.150. The molecule has 0 unspecified atom stereocenters. The Kier molecular flexibility index (Phi) is 10.7. The van der Waals surface area contributed by atoms with Crippen LogP contribution in [0.2, 0.25) is 5.02 Å². The number of hydrogen-bond donors (Lipinski definition) is 1. The number of hydrogen-bond acceptors (Lipinski definition) is 1. The zero-order chi connectivity index (χ0) is 8.69. The van der Waals surface area contributed by atoms with Gasteiger partial charge in [0, 0.05) is 0 Å². The minimum Gasteiger partial charge on any atom is -0.483 e. The van der Waals surface area contributed by atoms with Crippen LogP contribution in [0.1, 0.15) is 5.56 Å². The zero-order valence-corrected chi connectivity index (χ0v) is 9.58. The Bertz CT molecular complexity index is 207. The van der Waals surface area contributed by atoms with Crippen molar-refractivity contribution in [3.8, 4) is 0 Å². The van der Waals surface area contributed by atoms with Crippen molar-refractivity contribution in [2.24, 2.45) is 0 Å². The van der Waals surface area contributed by atoms with Crippen molar-refractivity contribution in [2.45, 2.75) is 0 Å². The van der Waals surface area contributed by atoms with Crippen molar-refractivity contribution in [1.82, 2.24) is 0 Å². The molecule has 4 heteroatoms. The van der Waals surface area contributed by atoms with Gasteiger partial charge in [0.15, 0.2) is 0 Å². The van der Waals surface area contributed by atoms with E-state index < -0.39 is 0 Å². The second kappa shape index (κ2) is 8.94. The van der Waals surface area contributed by atoms with Crippen LogP contribution in [-0.4, -0.2) is 11.6 Å². The minimum absolute atomic E-state index is 0. The van der Waals surface area contributed by atoms with E-state index in [1.165, 1.54) is 0 Å². The minimum atomic E-state index is -0.250. The van der Waals surface area contributed by atoms with Crippen LogP contribution in [0, 0.1) is 6.92 Å². The first-order chi connectivity index (χ1) is 5.22. The summed E-state index contributed by atoms with van der Waals surface area (Å²) in [4.78, 5) is 8.36. The summed E-state index contributed by atoms with van der Waals surface area (Å²) in [6.45, 7) is 3.44. The van der Waals surface area contributed by atoms with Crippen molar-refractivity contribution < 1.29 is 39.5 Å². The summed E-state index contributed by atoms with van der Waals surface area (Å²) in [5, 5.41) is 7.62. The first kappa shape index (κ1) is 14.4. The first-order valence-electron chi connectivity index (χ1n) is 2.86. The van der Waals surface area contributed by atoms with Gasteiger partial charge >= 0.3 is 29.6 Å². The Labute approximate surface area is 98.8 Å². The van der Waals surface area contributed by atoms with Gasteiger partial charge in [-0.25, -0.2) is 0 Å². The molecule has 2 nitrogen and oxygen atoms in total. The topological polar surface area (TPSA) is 37.3 Å². The molecule has 1 aromatic rings. The average molecular weight is 195 g/mol. The second-order valence-electron chi connectivity index (χ2n) is 1.70. The van der Waals surface area contributed by atoms with Crippen LogP contribution >= 0.6 is 11.6 Å². The van der Waals surface area contributed by atoms with Gasteiger partial charge < -0.3 is 5.11 Å². The first-order valence-corrected chi connectivity index (χ1v) is 3.24. The van der Waals surface area contributed by atoms with Crippen LogP contribution in [0.4, 0.5) is 0 Å². The van der Waals surface area contributed by atoms with Gasteiger partial charge in [0.05, 0.1) is 0 Å². The van der Waals surface area contributed by atoms with Crippen LogP contribution in [0.25, 0.3) is 0 Å². The third-order valence-corrected chi connectivity index (χ3v) is 1.33. The van der Waals surface area contributed by atoms with E-state index in [1.54, 1.807) is 0 Å². The molecule has 0 atom stereocenters. The van der Waals surface area contributed by atoms with E-state index in [9.17, 15) is 0 Å². The second-order valence-corrected chi connectivity index (χ2v) is 2.10. The number of carbonyl (C=O) groups is 1. The van der Waals surface area contributed by atoms with Crippen molar-refractivity contribution >= 4 is 18.1 Å². The largest absolute Gasteiger partial charge is 1.00 e. The molecule has 0 amide bonds. The van der Waals surface area contributed by atoms with E-state index in [0.29, 0.717) is 0 Å². The summed E-state index contributed by atoms with van der Waals surface area (Å²) in [6, 6.07) is 7.50. The maximum absolute atomic E-state index is 8.36. The molecule has 1 N–H and O–H groups in total. The van der Waals surface area contributed by atoms with Crippen molar-refractivity contribution in [1.29, 1.82) is 0 Å². The van der Waals surface area contributed by atoms with Gasteiger partial charge in [-0.15, -0.1) is 12.1 Å². The number of halogens is 1. The van der Waals surface area contributed by atoms with E-state index in [4.69, 9.17) is 21.5 Å². The monoisotopic (exact) mass is 194 g/mol. The van der Waals surface area contributed by atoms with Gasteiger partial charge in [-0.3, -0.25) is 4.79 Å². The molecule has 0 heterocycles. The van der Waals surface area contributed by atoms with Gasteiger partial charge in [0.1, 0.15) is 0 Å². The molecule has 0 aliphatic heterocycles. The molecule has 1 rings (SSSR count). The van der Waals surface area contributed by atoms with Gasteiger partial charge in [-0.05, 0) is 0 Å². The Morgan fingerprint density at radius 1 is 1.42 bits per heavy atom. The molecule has 0 saturated carbocycles. The maximum atomic E-state index is 8.36. The smallest absolute Gasteiger partial charge is 0.483 e. The SMILES string of the molecule is O=CO.[CH2-]c1ccccc1Cl.[Na+]. The van der Waals surface area contributed by atoms with Gasteiger partial charge in [-0.2, -0.15) is 30.2 Å². The predicted octanol–water partition coefficient (Wildman–Crippen LogP) is -0.773. The van der Waals surface area contributed by atoms with E-state index in [0.717, 1.165) is 10.6 Å². The van der Waals surface area contributed by atoms with Crippen LogP contribution in [0.5, 0.6) is 0 Å². The molecular weight excluding hydrogens is 187 g/mol. The molecule has 12 heavy (non-hydrogen) atoms. The average Bonchev–Trinajstić information content (AvgIpc) is 1.97. The zero-order valence-electron chi connectivity index (χ0n) is 6.83. The third-order valence-electron chi connectivity index (χ3n) is 0.958. The van der Waals surface area contributed by atoms with Crippen molar-refractivity contribution in [2.75, 3.05) is 0 Å². The molecule has 60 valence electrons. The summed E-state index contributed by atoms with van der Waals surface area (Å²) >= 11 is 5.65. The van der Waals surface area contributed by atoms with E-state index in [2.05, 4.69) is 6.92 Å². The molecule has 0 spiro atoms. The fourth-order valence-corrected chi connectivity index (χ4v) is 0.634. The predicted molar refractivity (Wildman–Crippen MR) is 44.6 cm³/mol. The van der Waals surface area contributed by atoms with Crippen LogP contribution in [0.3, 0.4) is 0 Å². The molecule has 0 aliphatic rings. The maximum Gasteiger partial charge on any atom is 1.00 e. The standard InChI is InChI=1S/C7H6Cl.CH2O2.Na/c1-6-4-2-3-5-7(6)8;2-1-3;/h2-5H,1H2;1H,(H,2,3);/q-1;;+1. The van der Waals surface area contributed by atoms with E-state index >= 15 is 0 Å². The summed E-state index contributed by atoms with van der Waals surface area (Å²) in [7, 11) is 0. The summed E-state index contributed by atoms with van der Waals surface area (Å²) in [6.07, 6.45) is 0. The molecule has 0 fully saturated rings. The molecular formula is C8H8ClNaO2. The van der Waals surface area contributed by atoms with Crippen LogP contribution in [-0.2, 0) is 4.79 Å². The quantitative estimate of drug-likeness (QED) is 0.335. The number of carboxylic acid groups (broad SMARTS) is 1. The molecule has 1 aromatic carbocycles. The van der Waals surface area contributed by atoms with Crippen molar-refractivity contribution in [3.63, 3.8) is 0 Å². The van der Waals surface area contributed by atoms with Crippen LogP contribution < -0.4 is 29.6 Å². The Balaban J connectivity index is 0. The summed E-state index contributed by atoms with van der Waals surface area (Å²) < 4.78 is 0. The molecule has 0 bridgehead atoms. The van der Waals surface area contributed by atoms with E-state index in [-0.39, 0.29) is 36.0 Å². The van der Waals surface area contributed by atoms with Gasteiger partial charge in [0.2, 0.25) is 0 Å². The van der Waals surface area contributed by atoms with Crippen LogP contribution in [0.15, 0.2) is 24.3 Å². The summed E-state index contributed by atoms with van der Waals surface area (Å²) in [5.41, 5.74) is 0.883. The Morgan fingerprint density at radius 3 is 2.08 bits per heavy atom. The molecule has 0 aliphatic carbocycles. The van der Waals surface area contributed by atoms with Gasteiger partial charge in [0.25, 0.3) is 6.47 Å². The molecule has 0 saturated heterocycles. The van der Waals surface area contributed by atoms with E-state index in [1.807, 2.05) is 24.3 Å². The Morgan fingerprint density at radius 2 is 1.83 bits per heavy atom. The van der Waals surface area contributed by atoms with Crippen molar-refractivity contribution in [3.05, 3.63) is 41.8 Å².